The first-order valence-electron chi connectivity index (χ1n) is 10.7. The number of halogens is 2. The third-order valence-electron chi connectivity index (χ3n) is 5.48. The van der Waals surface area contributed by atoms with Crippen molar-refractivity contribution in [3.8, 4) is 5.75 Å². The summed E-state index contributed by atoms with van der Waals surface area (Å²) in [6, 6.07) is 22.0. The Morgan fingerprint density at radius 2 is 1.50 bits per heavy atom. The molecule has 0 spiro atoms. The van der Waals surface area contributed by atoms with Crippen LogP contribution in [0.3, 0.4) is 0 Å². The van der Waals surface area contributed by atoms with Gasteiger partial charge in [-0.25, -0.2) is 14.6 Å². The van der Waals surface area contributed by atoms with Crippen LogP contribution in [0.4, 0.5) is 0 Å². The quantitative estimate of drug-likeness (QED) is 0.129. The van der Waals surface area contributed by atoms with E-state index in [2.05, 4.69) is 4.99 Å². The van der Waals surface area contributed by atoms with Gasteiger partial charge in [-0.2, -0.15) is 0 Å². The molecule has 0 N–H and O–H groups in total. The normalized spacial score (nSPS) is 14.4. The van der Waals surface area contributed by atoms with Gasteiger partial charge in [0, 0.05) is 25.7 Å². The Hall–Kier alpha value is -3.49. The van der Waals surface area contributed by atoms with Crippen LogP contribution in [0.15, 0.2) is 83.5 Å². The summed E-state index contributed by atoms with van der Waals surface area (Å²) < 4.78 is 13.0. The molecule has 5 aromatic rings. The van der Waals surface area contributed by atoms with Crippen molar-refractivity contribution in [2.45, 2.75) is 0 Å². The van der Waals surface area contributed by atoms with Crippen molar-refractivity contribution < 1.29 is 19.1 Å². The minimum absolute atomic E-state index is 0.0712. The molecule has 0 bridgehead atoms. The predicted molar refractivity (Wildman–Crippen MR) is 146 cm³/mol. The van der Waals surface area contributed by atoms with Crippen molar-refractivity contribution in [3.05, 3.63) is 104 Å². The number of ether oxygens (including phenoxy) is 2. The number of thiophene rings is 2. The summed E-state index contributed by atoms with van der Waals surface area (Å²) >= 11 is 15.6. The van der Waals surface area contributed by atoms with Gasteiger partial charge >= 0.3 is 11.9 Å². The van der Waals surface area contributed by atoms with E-state index in [1.807, 2.05) is 48.5 Å². The minimum atomic E-state index is -0.618. The summed E-state index contributed by atoms with van der Waals surface area (Å²) in [7, 11) is 0. The Morgan fingerprint density at radius 3 is 2.22 bits per heavy atom. The maximum absolute atomic E-state index is 13.0. The van der Waals surface area contributed by atoms with Crippen LogP contribution in [0.1, 0.15) is 20.1 Å². The molecule has 3 aromatic carbocycles. The fraction of sp³-hybridized carbons (Fsp3) is 0. The predicted octanol–water partition coefficient (Wildman–Crippen LogP) is 7.99. The SMILES string of the molecule is O=C1OC(c2sc3ccccc3c2Cl)=N/C1=C/c1ccccc1OC(=O)c1sc2ccccc2c1Cl. The number of rotatable bonds is 4. The lowest BCUT2D eigenvalue weighted by Gasteiger charge is -2.07. The van der Waals surface area contributed by atoms with Crippen LogP contribution in [0.5, 0.6) is 5.75 Å². The number of fused-ring (bicyclic) bond motifs is 2. The van der Waals surface area contributed by atoms with Gasteiger partial charge in [0.2, 0.25) is 5.90 Å². The smallest absolute Gasteiger partial charge is 0.363 e. The summed E-state index contributed by atoms with van der Waals surface area (Å²) in [4.78, 5) is 30.9. The summed E-state index contributed by atoms with van der Waals surface area (Å²) in [6.45, 7) is 0. The lowest BCUT2D eigenvalue weighted by molar-refractivity contribution is -0.129. The maximum Gasteiger partial charge on any atom is 0.363 e. The Morgan fingerprint density at radius 1 is 0.861 bits per heavy atom. The highest BCUT2D eigenvalue weighted by Gasteiger charge is 2.28. The van der Waals surface area contributed by atoms with Crippen molar-refractivity contribution in [1.82, 2.24) is 0 Å². The summed E-state index contributed by atoms with van der Waals surface area (Å²) in [6.07, 6.45) is 1.52. The molecule has 2 aromatic heterocycles. The molecule has 1 aliphatic heterocycles. The van der Waals surface area contributed by atoms with E-state index in [0.29, 0.717) is 25.4 Å². The van der Waals surface area contributed by atoms with Gasteiger partial charge in [0.25, 0.3) is 0 Å². The highest BCUT2D eigenvalue weighted by atomic mass is 35.5. The average Bonchev–Trinajstić information content (AvgIpc) is 3.54. The Bertz CT molecular complexity index is 1770. The first-order chi connectivity index (χ1) is 17.5. The molecule has 6 rings (SSSR count). The van der Waals surface area contributed by atoms with Crippen molar-refractivity contribution in [2.75, 3.05) is 0 Å². The number of carbonyl (C=O) groups is 2. The van der Waals surface area contributed by atoms with Gasteiger partial charge in [-0.05, 0) is 24.3 Å². The van der Waals surface area contributed by atoms with E-state index in [9.17, 15) is 9.59 Å². The second-order valence-electron chi connectivity index (χ2n) is 7.75. The summed E-state index contributed by atoms with van der Waals surface area (Å²) in [5.41, 5.74) is 0.560. The van der Waals surface area contributed by atoms with Crippen LogP contribution in [0.2, 0.25) is 10.0 Å². The molecular formula is C27H13Cl2NO4S2. The minimum Gasteiger partial charge on any atom is -0.422 e. The standard InChI is InChI=1S/C27H13Cl2NO4S2/c28-21-15-8-2-5-11-19(15)35-23(21)25-30-17(26(31)34-25)13-14-7-1-4-10-18(14)33-27(32)24-22(29)16-9-3-6-12-20(16)36-24/h1-13H/b17-13+. The zero-order valence-corrected chi connectivity index (χ0v) is 21.3. The number of esters is 2. The zero-order chi connectivity index (χ0) is 24.8. The molecule has 0 aliphatic carbocycles. The highest BCUT2D eigenvalue weighted by molar-refractivity contribution is 7.22. The first kappa shape index (κ1) is 22.9. The average molecular weight is 550 g/mol. The zero-order valence-electron chi connectivity index (χ0n) is 18.2. The van der Waals surface area contributed by atoms with Gasteiger partial charge in [0.05, 0.1) is 10.0 Å². The van der Waals surface area contributed by atoms with Crippen LogP contribution in [0, 0.1) is 0 Å². The number of hydrogen-bond donors (Lipinski definition) is 0. The molecule has 9 heteroatoms. The first-order valence-corrected chi connectivity index (χ1v) is 13.1. The monoisotopic (exact) mass is 549 g/mol. The number of nitrogens with zero attached hydrogens (tertiary/aromatic N) is 1. The molecule has 176 valence electrons. The molecule has 0 radical (unpaired) electrons. The molecule has 1 aliphatic rings. The van der Waals surface area contributed by atoms with Crippen LogP contribution < -0.4 is 4.74 Å². The lowest BCUT2D eigenvalue weighted by atomic mass is 10.1. The number of cyclic esters (lactones) is 1. The molecule has 36 heavy (non-hydrogen) atoms. The third-order valence-corrected chi connectivity index (χ3v) is 8.80. The van der Waals surface area contributed by atoms with E-state index in [0.717, 1.165) is 20.2 Å². The highest BCUT2D eigenvalue weighted by Crippen LogP contribution is 2.38. The van der Waals surface area contributed by atoms with Gasteiger partial charge in [-0.1, -0.05) is 77.8 Å². The molecule has 0 fully saturated rings. The van der Waals surface area contributed by atoms with E-state index >= 15 is 0 Å². The van der Waals surface area contributed by atoms with Crippen molar-refractivity contribution in [1.29, 1.82) is 0 Å². The molecular weight excluding hydrogens is 537 g/mol. The third kappa shape index (κ3) is 4.00. The van der Waals surface area contributed by atoms with Gasteiger partial charge in [0.15, 0.2) is 5.70 Å². The number of carbonyl (C=O) groups excluding carboxylic acids is 2. The van der Waals surface area contributed by atoms with E-state index in [-0.39, 0.29) is 17.3 Å². The van der Waals surface area contributed by atoms with Gasteiger partial charge < -0.3 is 9.47 Å². The topological polar surface area (TPSA) is 65.0 Å². The fourth-order valence-corrected chi connectivity index (χ4v) is 6.61. The Labute approximate surface area is 222 Å². The van der Waals surface area contributed by atoms with Crippen LogP contribution in [-0.4, -0.2) is 17.8 Å². The van der Waals surface area contributed by atoms with Gasteiger partial charge in [-0.3, -0.25) is 0 Å². The summed E-state index contributed by atoms with van der Waals surface area (Å²) in [5, 5.41) is 2.50. The van der Waals surface area contributed by atoms with Crippen molar-refractivity contribution in [3.63, 3.8) is 0 Å². The number of para-hydroxylation sites is 1. The van der Waals surface area contributed by atoms with Crippen molar-refractivity contribution >= 4 is 90.0 Å². The van der Waals surface area contributed by atoms with Gasteiger partial charge in [0.1, 0.15) is 15.5 Å². The van der Waals surface area contributed by atoms with E-state index in [1.54, 1.807) is 24.3 Å². The van der Waals surface area contributed by atoms with E-state index in [4.69, 9.17) is 32.7 Å². The molecule has 0 saturated carbocycles. The number of aliphatic imine (C=N–C) groups is 1. The second kappa shape index (κ2) is 9.19. The number of hydrogen-bond acceptors (Lipinski definition) is 7. The molecule has 0 atom stereocenters. The summed E-state index contributed by atoms with van der Waals surface area (Å²) in [5.74, 6) is -0.793. The van der Waals surface area contributed by atoms with Crippen LogP contribution in [-0.2, 0) is 9.53 Å². The Kier molecular flexibility index (Phi) is 5.85. The molecule has 3 heterocycles. The molecule has 0 unspecified atom stereocenters. The second-order valence-corrected chi connectivity index (χ2v) is 10.6. The molecule has 0 saturated heterocycles. The molecule has 0 amide bonds. The Balaban J connectivity index is 1.32. The fourth-order valence-electron chi connectivity index (χ4n) is 3.79. The van der Waals surface area contributed by atoms with Crippen LogP contribution in [0.25, 0.3) is 26.2 Å². The van der Waals surface area contributed by atoms with E-state index in [1.165, 1.54) is 28.7 Å². The van der Waals surface area contributed by atoms with Gasteiger partial charge in [-0.15, -0.1) is 22.7 Å². The van der Waals surface area contributed by atoms with E-state index < -0.39 is 11.9 Å². The maximum atomic E-state index is 13.0. The van der Waals surface area contributed by atoms with Crippen molar-refractivity contribution in [2.24, 2.45) is 4.99 Å². The largest absolute Gasteiger partial charge is 0.422 e. The number of benzene rings is 3. The van der Waals surface area contributed by atoms with Crippen LogP contribution >= 0.6 is 45.9 Å². The molecule has 5 nitrogen and oxygen atoms in total. The lowest BCUT2D eigenvalue weighted by Crippen LogP contribution is -2.08.